The predicted octanol–water partition coefficient (Wildman–Crippen LogP) is 5.57. The van der Waals surface area contributed by atoms with Crippen LogP contribution in [0.15, 0.2) is 91.5 Å². The Morgan fingerprint density at radius 1 is 0.875 bits per heavy atom. The number of ketones is 1. The molecule has 0 saturated carbocycles. The quantitative estimate of drug-likeness (QED) is 0.654. The van der Waals surface area contributed by atoms with Crippen LogP contribution in [0.1, 0.15) is 51.9 Å². The molecule has 0 fully saturated rings. The number of carbonyl (C=O) groups is 1. The van der Waals surface area contributed by atoms with Gasteiger partial charge in [-0.2, -0.15) is 0 Å². The number of aromatic nitrogens is 1. The first kappa shape index (κ1) is 20.2. The van der Waals surface area contributed by atoms with Crippen LogP contribution in [0.25, 0.3) is 12.2 Å². The van der Waals surface area contributed by atoms with E-state index >= 15 is 0 Å². The number of hydrogen-bond donors (Lipinski definition) is 2. The van der Waals surface area contributed by atoms with Crippen molar-refractivity contribution >= 4 is 29.4 Å². The Morgan fingerprint density at radius 2 is 1.53 bits per heavy atom. The number of nitrogens with one attached hydrogen (secondary N) is 2. The van der Waals surface area contributed by atoms with Gasteiger partial charge in [0.05, 0.1) is 22.8 Å². The van der Waals surface area contributed by atoms with E-state index in [1.165, 1.54) is 5.57 Å². The van der Waals surface area contributed by atoms with Gasteiger partial charge in [0.15, 0.2) is 0 Å². The minimum atomic E-state index is -0.0955. The minimum Gasteiger partial charge on any atom is -0.355 e. The highest BCUT2D eigenvalue weighted by Gasteiger charge is 2.28. The molecule has 32 heavy (non-hydrogen) atoms. The third-order valence-corrected chi connectivity index (χ3v) is 6.33. The summed E-state index contributed by atoms with van der Waals surface area (Å²) in [6.45, 7) is 8.34. The van der Waals surface area contributed by atoms with E-state index in [0.29, 0.717) is 11.4 Å². The van der Waals surface area contributed by atoms with Crippen LogP contribution in [0.2, 0.25) is 0 Å². The molecule has 2 N–H and O–H groups in total. The molecular weight excluding hydrogens is 396 g/mol. The van der Waals surface area contributed by atoms with Crippen LogP contribution < -0.4 is 5.32 Å². The van der Waals surface area contributed by atoms with Gasteiger partial charge in [0, 0.05) is 17.1 Å². The van der Waals surface area contributed by atoms with E-state index < -0.39 is 0 Å². The number of H-pyrrole nitrogens is 1. The van der Waals surface area contributed by atoms with E-state index in [0.717, 1.165) is 63.8 Å². The summed E-state index contributed by atoms with van der Waals surface area (Å²) in [5, 5.41) is 3.29. The Balaban J connectivity index is 1.71. The Kier molecular flexibility index (Phi) is 4.89. The van der Waals surface area contributed by atoms with E-state index in [-0.39, 0.29) is 5.78 Å². The van der Waals surface area contributed by atoms with Crippen molar-refractivity contribution in [2.45, 2.75) is 40.5 Å². The van der Waals surface area contributed by atoms with Gasteiger partial charge in [-0.3, -0.25) is 4.79 Å². The second-order valence-corrected chi connectivity index (χ2v) is 8.29. The molecular formula is C27H26N4O. The average Bonchev–Trinajstić information content (AvgIpc) is 3.44. The molecule has 1 aromatic rings. The fraction of sp³-hybridized carbons (Fsp3) is 0.222. The van der Waals surface area contributed by atoms with Crippen LogP contribution in [0, 0.1) is 0 Å². The third-order valence-electron chi connectivity index (χ3n) is 6.33. The van der Waals surface area contributed by atoms with E-state index in [2.05, 4.69) is 43.2 Å². The lowest BCUT2D eigenvalue weighted by Gasteiger charge is -2.15. The molecule has 0 atom stereocenters. The van der Waals surface area contributed by atoms with Crippen molar-refractivity contribution in [3.05, 3.63) is 92.9 Å². The van der Waals surface area contributed by atoms with Crippen molar-refractivity contribution in [1.82, 2.24) is 10.3 Å². The zero-order valence-corrected chi connectivity index (χ0v) is 18.8. The molecule has 4 aliphatic rings. The highest BCUT2D eigenvalue weighted by Crippen LogP contribution is 2.33. The molecule has 5 nitrogen and oxygen atoms in total. The monoisotopic (exact) mass is 422 g/mol. The van der Waals surface area contributed by atoms with E-state index in [1.54, 1.807) is 0 Å². The molecule has 0 unspecified atom stereocenters. The summed E-state index contributed by atoms with van der Waals surface area (Å²) in [4.78, 5) is 26.5. The van der Waals surface area contributed by atoms with Crippen molar-refractivity contribution in [2.24, 2.45) is 9.98 Å². The number of Topliss-reactive ketones (excluding diaryl/α,β-unsaturated/α-hetero) is 1. The third kappa shape index (κ3) is 3.30. The number of fused-ring (bicyclic) bond motifs is 6. The van der Waals surface area contributed by atoms with Crippen LogP contribution >= 0.6 is 0 Å². The van der Waals surface area contributed by atoms with Crippen LogP contribution in [0.3, 0.4) is 0 Å². The smallest absolute Gasteiger partial charge is 0.227 e. The largest absolute Gasteiger partial charge is 0.355 e. The molecule has 0 spiro atoms. The average molecular weight is 423 g/mol. The van der Waals surface area contributed by atoms with Crippen LogP contribution in [-0.4, -0.2) is 22.2 Å². The summed E-state index contributed by atoms with van der Waals surface area (Å²) in [5.74, 6) is -0.0955. The lowest BCUT2D eigenvalue weighted by molar-refractivity contribution is -0.110. The molecule has 0 aliphatic carbocycles. The lowest BCUT2D eigenvalue weighted by atomic mass is 9.99. The van der Waals surface area contributed by atoms with Gasteiger partial charge in [0.2, 0.25) is 5.78 Å². The molecule has 5 heteroatoms. The Hall–Kier alpha value is -3.73. The zero-order chi connectivity index (χ0) is 22.4. The molecule has 160 valence electrons. The lowest BCUT2D eigenvalue weighted by Crippen LogP contribution is -2.27. The molecule has 0 radical (unpaired) electrons. The maximum atomic E-state index is 13.4. The normalized spacial score (nSPS) is 19.9. The molecule has 0 amide bonds. The first-order chi connectivity index (χ1) is 15.5. The summed E-state index contributed by atoms with van der Waals surface area (Å²) in [6.07, 6.45) is 13.5. The Labute approximate surface area is 188 Å². The van der Waals surface area contributed by atoms with Gasteiger partial charge in [-0.25, -0.2) is 9.98 Å². The number of aliphatic imine (C=N–C) groups is 2. The van der Waals surface area contributed by atoms with Crippen LogP contribution in [0.4, 0.5) is 0 Å². The second kappa shape index (κ2) is 7.75. The van der Waals surface area contributed by atoms with Gasteiger partial charge in [0.1, 0.15) is 5.71 Å². The standard InChI is InChI=1S/C27H26N4O/c1-5-20-15(3)23-12-17-8-7-9-22(29-17)27(32)26-16(4)21(6-2)25(31-26)14-19-11-10-18(28-19)13-24(20)30-23/h7-14,28-29H,5-6H2,1-4H3. The minimum absolute atomic E-state index is 0.0955. The molecule has 1 aromatic heterocycles. The number of allylic oxidation sites excluding steroid dienone is 9. The van der Waals surface area contributed by atoms with Gasteiger partial charge in [0.25, 0.3) is 0 Å². The molecule has 5 heterocycles. The molecule has 0 saturated heterocycles. The highest BCUT2D eigenvalue weighted by atomic mass is 16.1. The first-order valence-corrected chi connectivity index (χ1v) is 11.1. The van der Waals surface area contributed by atoms with Crippen molar-refractivity contribution in [1.29, 1.82) is 0 Å². The van der Waals surface area contributed by atoms with Gasteiger partial charge in [-0.15, -0.1) is 0 Å². The van der Waals surface area contributed by atoms with Crippen molar-refractivity contribution in [3.63, 3.8) is 0 Å². The molecule has 5 rings (SSSR count). The van der Waals surface area contributed by atoms with Crippen molar-refractivity contribution in [3.8, 4) is 0 Å². The van der Waals surface area contributed by atoms with Gasteiger partial charge >= 0.3 is 0 Å². The molecule has 0 aromatic carbocycles. The van der Waals surface area contributed by atoms with Gasteiger partial charge in [-0.05, 0) is 91.5 Å². The number of nitrogens with zero attached hydrogens (tertiary/aromatic N) is 2. The molecule has 4 aliphatic heterocycles. The number of rotatable bonds is 2. The maximum Gasteiger partial charge on any atom is 0.227 e. The summed E-state index contributed by atoms with van der Waals surface area (Å²) in [6, 6.07) is 4.10. The number of dihydropyridines is 1. The SMILES string of the molecule is CCC1=C(C)C2=NC1=Cc1ccc([nH]1)C=C1N=C(C(=O)C3=CC=CC(=C2)N3)C(C)=C1CC. The van der Waals surface area contributed by atoms with E-state index in [4.69, 9.17) is 9.98 Å². The van der Waals surface area contributed by atoms with Gasteiger partial charge in [-0.1, -0.05) is 19.9 Å². The topological polar surface area (TPSA) is 69.6 Å². The van der Waals surface area contributed by atoms with Crippen molar-refractivity contribution < 1.29 is 4.79 Å². The predicted molar refractivity (Wildman–Crippen MR) is 131 cm³/mol. The molecule has 8 bridgehead atoms. The van der Waals surface area contributed by atoms with Crippen LogP contribution in [0.5, 0.6) is 0 Å². The Bertz CT molecular complexity index is 1330. The van der Waals surface area contributed by atoms with Crippen molar-refractivity contribution in [2.75, 3.05) is 0 Å². The fourth-order valence-electron chi connectivity index (χ4n) is 4.60. The van der Waals surface area contributed by atoms with Gasteiger partial charge < -0.3 is 10.3 Å². The Morgan fingerprint density at radius 3 is 2.22 bits per heavy atom. The second-order valence-electron chi connectivity index (χ2n) is 8.29. The maximum absolute atomic E-state index is 13.4. The number of hydrogen-bond acceptors (Lipinski definition) is 4. The number of aromatic amines is 1. The fourth-order valence-corrected chi connectivity index (χ4v) is 4.60. The summed E-state index contributed by atoms with van der Waals surface area (Å²) < 4.78 is 0. The number of carbonyl (C=O) groups excluding carboxylic acids is 1. The zero-order valence-electron chi connectivity index (χ0n) is 18.8. The summed E-state index contributed by atoms with van der Waals surface area (Å²) >= 11 is 0. The first-order valence-electron chi connectivity index (χ1n) is 11.1. The summed E-state index contributed by atoms with van der Waals surface area (Å²) in [5.41, 5.74) is 11.0. The van der Waals surface area contributed by atoms with E-state index in [9.17, 15) is 4.79 Å². The summed E-state index contributed by atoms with van der Waals surface area (Å²) in [7, 11) is 0. The highest BCUT2D eigenvalue weighted by molar-refractivity contribution is 6.52. The van der Waals surface area contributed by atoms with E-state index in [1.807, 2.05) is 43.4 Å². The van der Waals surface area contributed by atoms with Crippen LogP contribution in [-0.2, 0) is 4.79 Å².